The van der Waals surface area contributed by atoms with E-state index >= 15 is 0 Å². The Morgan fingerprint density at radius 3 is 2.29 bits per heavy atom. The molecule has 0 aliphatic carbocycles. The van der Waals surface area contributed by atoms with Crippen LogP contribution in [0.1, 0.15) is 39.5 Å². The summed E-state index contributed by atoms with van der Waals surface area (Å²) in [6.07, 6.45) is 3.71. The smallest absolute Gasteiger partial charge is 0.228 e. The predicted molar refractivity (Wildman–Crippen MR) is 86.5 cm³/mol. The van der Waals surface area contributed by atoms with Crippen LogP contribution in [0.5, 0.6) is 0 Å². The average Bonchev–Trinajstić information content (AvgIpc) is 2.47. The number of aromatic nitrogens is 2. The van der Waals surface area contributed by atoms with Crippen molar-refractivity contribution in [2.24, 2.45) is 5.92 Å². The van der Waals surface area contributed by atoms with Crippen molar-refractivity contribution in [1.29, 1.82) is 0 Å². The van der Waals surface area contributed by atoms with E-state index in [4.69, 9.17) is 11.6 Å². The topological polar surface area (TPSA) is 54.9 Å². The average molecular weight is 306 g/mol. The summed E-state index contributed by atoms with van der Waals surface area (Å²) in [5, 5.41) is 3.06. The lowest BCUT2D eigenvalue weighted by Gasteiger charge is -2.15. The van der Waals surface area contributed by atoms with Crippen LogP contribution < -0.4 is 5.32 Å². The summed E-state index contributed by atoms with van der Waals surface area (Å²) >= 11 is 6.12. The summed E-state index contributed by atoms with van der Waals surface area (Å²) in [5.41, 5.74) is 1.44. The normalized spacial score (nSPS) is 11.0. The third-order valence-electron chi connectivity index (χ3n) is 3.41. The summed E-state index contributed by atoms with van der Waals surface area (Å²) in [7, 11) is 0. The molecule has 0 atom stereocenters. The summed E-state index contributed by atoms with van der Waals surface area (Å²) in [5.74, 6) is 0.326. The molecule has 2 aromatic rings. The highest BCUT2D eigenvalue weighted by atomic mass is 35.5. The van der Waals surface area contributed by atoms with E-state index in [-0.39, 0.29) is 17.0 Å². The van der Waals surface area contributed by atoms with Crippen LogP contribution in [0.2, 0.25) is 5.15 Å². The molecule has 0 saturated heterocycles. The van der Waals surface area contributed by atoms with Crippen LogP contribution in [0.15, 0.2) is 24.3 Å². The Bertz CT molecular complexity index is 624. The standard InChI is InChI=1S/C16H20ClN3O/c1-3-7-11(8-4-2)16(21)20-15-14(17)18-12-9-5-6-10-13(12)19-15/h5-6,9-11H,3-4,7-8H2,1-2H3,(H,19,20,21). The van der Waals surface area contributed by atoms with Gasteiger partial charge in [-0.2, -0.15) is 0 Å². The SMILES string of the molecule is CCCC(CCC)C(=O)Nc1nc2ccccc2nc1Cl. The maximum Gasteiger partial charge on any atom is 0.228 e. The lowest BCUT2D eigenvalue weighted by molar-refractivity contribution is -0.120. The van der Waals surface area contributed by atoms with Crippen molar-refractivity contribution in [3.05, 3.63) is 29.4 Å². The number of hydrogen-bond donors (Lipinski definition) is 1. The second-order valence-electron chi connectivity index (χ2n) is 5.12. The minimum atomic E-state index is -0.0230. The van der Waals surface area contributed by atoms with Crippen LogP contribution in [0, 0.1) is 5.92 Å². The number of amides is 1. The fourth-order valence-corrected chi connectivity index (χ4v) is 2.56. The number of para-hydroxylation sites is 2. The number of fused-ring (bicyclic) bond motifs is 1. The van der Waals surface area contributed by atoms with E-state index < -0.39 is 0 Å². The number of nitrogens with zero attached hydrogens (tertiary/aromatic N) is 2. The fourth-order valence-electron chi connectivity index (χ4n) is 2.38. The molecule has 1 aromatic heterocycles. The number of carbonyl (C=O) groups is 1. The second kappa shape index (κ2) is 7.36. The Morgan fingerprint density at radius 1 is 1.14 bits per heavy atom. The zero-order valence-corrected chi connectivity index (χ0v) is 13.2. The maximum absolute atomic E-state index is 12.3. The molecule has 0 spiro atoms. The Morgan fingerprint density at radius 2 is 1.71 bits per heavy atom. The monoisotopic (exact) mass is 305 g/mol. The van der Waals surface area contributed by atoms with Crippen molar-refractivity contribution in [1.82, 2.24) is 9.97 Å². The summed E-state index contributed by atoms with van der Waals surface area (Å²) in [4.78, 5) is 21.0. The number of benzene rings is 1. The molecule has 1 N–H and O–H groups in total. The lowest BCUT2D eigenvalue weighted by atomic mass is 9.97. The molecule has 0 radical (unpaired) electrons. The highest BCUT2D eigenvalue weighted by Gasteiger charge is 2.19. The third kappa shape index (κ3) is 3.91. The Labute approximate surface area is 129 Å². The molecular formula is C16H20ClN3O. The summed E-state index contributed by atoms with van der Waals surface area (Å²) in [6.45, 7) is 4.16. The van der Waals surface area contributed by atoms with E-state index in [9.17, 15) is 4.79 Å². The van der Waals surface area contributed by atoms with Crippen LogP contribution >= 0.6 is 11.6 Å². The van der Waals surface area contributed by atoms with Crippen LogP contribution in [0.25, 0.3) is 11.0 Å². The molecule has 112 valence electrons. The van der Waals surface area contributed by atoms with Gasteiger partial charge in [0.05, 0.1) is 11.0 Å². The quantitative estimate of drug-likeness (QED) is 0.858. The molecule has 1 aromatic carbocycles. The Hall–Kier alpha value is -1.68. The van der Waals surface area contributed by atoms with Crippen LogP contribution in [0.4, 0.5) is 5.82 Å². The second-order valence-corrected chi connectivity index (χ2v) is 5.47. The lowest BCUT2D eigenvalue weighted by Crippen LogP contribution is -2.23. The largest absolute Gasteiger partial charge is 0.308 e. The third-order valence-corrected chi connectivity index (χ3v) is 3.68. The molecule has 0 bridgehead atoms. The zero-order chi connectivity index (χ0) is 15.2. The number of hydrogen-bond acceptors (Lipinski definition) is 3. The van der Waals surface area contributed by atoms with E-state index in [1.165, 1.54) is 0 Å². The van der Waals surface area contributed by atoms with E-state index in [2.05, 4.69) is 29.1 Å². The molecule has 0 saturated carbocycles. The molecule has 0 aliphatic rings. The molecular weight excluding hydrogens is 286 g/mol. The first-order valence-corrected chi connectivity index (χ1v) is 7.76. The van der Waals surface area contributed by atoms with Crippen LogP contribution in [-0.2, 0) is 4.79 Å². The minimum absolute atomic E-state index is 0.00402. The van der Waals surface area contributed by atoms with Gasteiger partial charge < -0.3 is 5.32 Å². The molecule has 0 unspecified atom stereocenters. The van der Waals surface area contributed by atoms with Crippen molar-refractivity contribution < 1.29 is 4.79 Å². The van der Waals surface area contributed by atoms with Gasteiger partial charge in [0.25, 0.3) is 0 Å². The van der Waals surface area contributed by atoms with E-state index in [0.717, 1.165) is 36.7 Å². The zero-order valence-electron chi connectivity index (χ0n) is 12.4. The summed E-state index contributed by atoms with van der Waals surface area (Å²) < 4.78 is 0. The van der Waals surface area contributed by atoms with Gasteiger partial charge in [0.2, 0.25) is 5.91 Å². The van der Waals surface area contributed by atoms with Crippen LogP contribution in [-0.4, -0.2) is 15.9 Å². The van der Waals surface area contributed by atoms with Gasteiger partial charge >= 0.3 is 0 Å². The Kier molecular flexibility index (Phi) is 5.51. The maximum atomic E-state index is 12.3. The van der Waals surface area contributed by atoms with Gasteiger partial charge in [0.1, 0.15) is 0 Å². The van der Waals surface area contributed by atoms with Gasteiger partial charge in [-0.15, -0.1) is 0 Å². The van der Waals surface area contributed by atoms with Gasteiger partial charge in [-0.3, -0.25) is 4.79 Å². The van der Waals surface area contributed by atoms with Gasteiger partial charge in [-0.05, 0) is 25.0 Å². The van der Waals surface area contributed by atoms with Gasteiger partial charge in [-0.25, -0.2) is 9.97 Å². The minimum Gasteiger partial charge on any atom is -0.308 e. The summed E-state index contributed by atoms with van der Waals surface area (Å²) in [6, 6.07) is 7.46. The number of nitrogens with one attached hydrogen (secondary N) is 1. The van der Waals surface area contributed by atoms with Crippen molar-refractivity contribution in [2.75, 3.05) is 5.32 Å². The first-order chi connectivity index (χ1) is 10.2. The van der Waals surface area contributed by atoms with Crippen molar-refractivity contribution >= 4 is 34.4 Å². The molecule has 2 rings (SSSR count). The van der Waals surface area contributed by atoms with Gasteiger partial charge in [0, 0.05) is 5.92 Å². The molecule has 4 nitrogen and oxygen atoms in total. The van der Waals surface area contributed by atoms with Crippen molar-refractivity contribution in [3.63, 3.8) is 0 Å². The van der Waals surface area contributed by atoms with E-state index in [1.54, 1.807) is 0 Å². The molecule has 0 aliphatic heterocycles. The highest BCUT2D eigenvalue weighted by Crippen LogP contribution is 2.23. The van der Waals surface area contributed by atoms with Crippen molar-refractivity contribution in [3.8, 4) is 0 Å². The predicted octanol–water partition coefficient (Wildman–Crippen LogP) is 4.44. The first-order valence-electron chi connectivity index (χ1n) is 7.38. The highest BCUT2D eigenvalue weighted by molar-refractivity contribution is 6.32. The number of halogens is 1. The number of rotatable bonds is 6. The molecule has 0 fully saturated rings. The molecule has 5 heteroatoms. The molecule has 1 amide bonds. The fraction of sp³-hybridized carbons (Fsp3) is 0.438. The number of carbonyl (C=O) groups excluding carboxylic acids is 1. The molecule has 21 heavy (non-hydrogen) atoms. The van der Waals surface area contributed by atoms with Gasteiger partial charge in [0.15, 0.2) is 11.0 Å². The molecule has 1 heterocycles. The Balaban J connectivity index is 2.21. The number of anilines is 1. The van der Waals surface area contributed by atoms with E-state index in [0.29, 0.717) is 5.82 Å². The van der Waals surface area contributed by atoms with Crippen LogP contribution in [0.3, 0.4) is 0 Å². The van der Waals surface area contributed by atoms with Crippen molar-refractivity contribution in [2.45, 2.75) is 39.5 Å². The van der Waals surface area contributed by atoms with E-state index in [1.807, 2.05) is 24.3 Å². The van der Waals surface area contributed by atoms with Gasteiger partial charge in [-0.1, -0.05) is 50.4 Å². The first kappa shape index (κ1) is 15.7.